The number of aryl methyl sites for hydroxylation is 2. The molecule has 0 spiro atoms. The molecule has 0 N–H and O–H groups in total. The molecule has 0 unspecified atom stereocenters. The van der Waals surface area contributed by atoms with Gasteiger partial charge >= 0.3 is 0 Å². The number of ether oxygens (including phenoxy) is 1. The molecule has 0 atom stereocenters. The predicted molar refractivity (Wildman–Crippen MR) is 99.6 cm³/mol. The Morgan fingerprint density at radius 1 is 1.00 bits per heavy atom. The summed E-state index contributed by atoms with van der Waals surface area (Å²) in [6, 6.07) is 7.35. The molecule has 1 saturated heterocycles. The minimum atomic E-state index is 0.00274. The maximum atomic E-state index is 12.7. The quantitative estimate of drug-likeness (QED) is 0.846. The second kappa shape index (κ2) is 7.64. The first-order valence-corrected chi connectivity index (χ1v) is 8.93. The van der Waals surface area contributed by atoms with Gasteiger partial charge in [-0.2, -0.15) is 0 Å². The third-order valence-electron chi connectivity index (χ3n) is 4.65. The molecule has 0 aliphatic carbocycles. The van der Waals surface area contributed by atoms with Crippen LogP contribution in [0, 0.1) is 6.92 Å². The second-order valence-electron chi connectivity index (χ2n) is 6.56. The fourth-order valence-electron chi connectivity index (χ4n) is 3.21. The summed E-state index contributed by atoms with van der Waals surface area (Å²) >= 11 is 0. The molecule has 6 nitrogen and oxygen atoms in total. The van der Waals surface area contributed by atoms with Gasteiger partial charge in [0.05, 0.1) is 12.2 Å². The molecule has 0 radical (unpaired) electrons. The van der Waals surface area contributed by atoms with Crippen LogP contribution < -0.4 is 4.74 Å². The highest BCUT2D eigenvalue weighted by Crippen LogP contribution is 2.20. The van der Waals surface area contributed by atoms with Gasteiger partial charge in [-0.25, -0.2) is 0 Å². The number of benzene rings is 1. The van der Waals surface area contributed by atoms with Gasteiger partial charge in [0, 0.05) is 51.2 Å². The van der Waals surface area contributed by atoms with Crippen LogP contribution in [-0.2, 0) is 7.05 Å². The normalized spacial score (nSPS) is 14.4. The number of rotatable bonds is 4. The third-order valence-corrected chi connectivity index (χ3v) is 4.65. The van der Waals surface area contributed by atoms with Gasteiger partial charge in [0.25, 0.3) is 11.8 Å². The Labute approximate surface area is 154 Å². The molecule has 2 amide bonds. The average molecular weight is 355 g/mol. The Morgan fingerprint density at radius 2 is 1.62 bits per heavy atom. The van der Waals surface area contributed by atoms with E-state index in [0.717, 1.165) is 11.3 Å². The first-order chi connectivity index (χ1) is 12.5. The molecular weight excluding hydrogens is 330 g/mol. The molecule has 1 aromatic carbocycles. The molecule has 6 heteroatoms. The van der Waals surface area contributed by atoms with E-state index in [9.17, 15) is 9.59 Å². The lowest BCUT2D eigenvalue weighted by Gasteiger charge is -2.34. The highest BCUT2D eigenvalue weighted by molar-refractivity contribution is 5.96. The second-order valence-corrected chi connectivity index (χ2v) is 6.56. The van der Waals surface area contributed by atoms with E-state index in [-0.39, 0.29) is 11.8 Å². The molecule has 3 rings (SSSR count). The summed E-state index contributed by atoms with van der Waals surface area (Å²) in [6.07, 6.45) is 3.68. The van der Waals surface area contributed by atoms with Crippen LogP contribution in [0.2, 0.25) is 0 Å². The Kier molecular flexibility index (Phi) is 5.30. The molecule has 0 bridgehead atoms. The lowest BCUT2D eigenvalue weighted by molar-refractivity contribution is 0.0535. The number of carbonyl (C=O) groups excluding carboxylic acids is 2. The summed E-state index contributed by atoms with van der Waals surface area (Å²) in [5, 5.41) is 0. The standard InChI is InChI=1S/C20H25N3O3/c1-4-26-18-6-5-16(13-15(18)2)19(24)22-9-11-23(12-10-22)20(25)17-7-8-21(3)14-17/h5-8,13-14H,4,9-12H2,1-3H3. The van der Waals surface area contributed by atoms with Crippen molar-refractivity contribution in [2.75, 3.05) is 32.8 Å². The molecule has 0 saturated carbocycles. The van der Waals surface area contributed by atoms with Crippen LogP contribution in [0.5, 0.6) is 5.75 Å². The Morgan fingerprint density at radius 3 is 2.12 bits per heavy atom. The topological polar surface area (TPSA) is 54.8 Å². The van der Waals surface area contributed by atoms with Gasteiger partial charge in [0.1, 0.15) is 5.75 Å². The Bertz CT molecular complexity index is 804. The lowest BCUT2D eigenvalue weighted by Crippen LogP contribution is -2.50. The highest BCUT2D eigenvalue weighted by Gasteiger charge is 2.26. The van der Waals surface area contributed by atoms with Gasteiger partial charge in [0.15, 0.2) is 0 Å². The minimum Gasteiger partial charge on any atom is -0.494 e. The first kappa shape index (κ1) is 18.0. The number of aromatic nitrogens is 1. The van der Waals surface area contributed by atoms with Gasteiger partial charge < -0.3 is 19.1 Å². The summed E-state index contributed by atoms with van der Waals surface area (Å²) in [7, 11) is 1.90. The van der Waals surface area contributed by atoms with Crippen molar-refractivity contribution in [2.45, 2.75) is 13.8 Å². The number of piperazine rings is 1. The van der Waals surface area contributed by atoms with Crippen molar-refractivity contribution in [3.05, 3.63) is 53.3 Å². The van der Waals surface area contributed by atoms with Crippen LogP contribution in [0.1, 0.15) is 33.2 Å². The predicted octanol–water partition coefficient (Wildman–Crippen LogP) is 2.33. The van der Waals surface area contributed by atoms with Crippen molar-refractivity contribution in [3.8, 4) is 5.75 Å². The zero-order chi connectivity index (χ0) is 18.7. The molecule has 2 aromatic rings. The maximum Gasteiger partial charge on any atom is 0.255 e. The molecule has 1 fully saturated rings. The van der Waals surface area contributed by atoms with E-state index in [1.807, 2.05) is 71.9 Å². The van der Waals surface area contributed by atoms with Gasteiger partial charge in [-0.3, -0.25) is 9.59 Å². The fourth-order valence-corrected chi connectivity index (χ4v) is 3.21. The zero-order valence-corrected chi connectivity index (χ0v) is 15.6. The van der Waals surface area contributed by atoms with Crippen molar-refractivity contribution < 1.29 is 14.3 Å². The SMILES string of the molecule is CCOc1ccc(C(=O)N2CCN(C(=O)c3ccn(C)c3)CC2)cc1C. The molecule has 1 aliphatic rings. The number of carbonyl (C=O) groups is 2. The average Bonchev–Trinajstić information content (AvgIpc) is 3.09. The van der Waals surface area contributed by atoms with Crippen LogP contribution in [0.25, 0.3) is 0 Å². The Balaban J connectivity index is 1.61. The number of hydrogen-bond donors (Lipinski definition) is 0. The summed E-state index contributed by atoms with van der Waals surface area (Å²) in [5.41, 5.74) is 2.30. The highest BCUT2D eigenvalue weighted by atomic mass is 16.5. The molecule has 26 heavy (non-hydrogen) atoms. The Hall–Kier alpha value is -2.76. The van der Waals surface area contributed by atoms with E-state index < -0.39 is 0 Å². The number of amides is 2. The van der Waals surface area contributed by atoms with Gasteiger partial charge in [0.2, 0.25) is 0 Å². The smallest absolute Gasteiger partial charge is 0.255 e. The van der Waals surface area contributed by atoms with Gasteiger partial charge in [-0.05, 0) is 43.7 Å². The third kappa shape index (κ3) is 3.74. The van der Waals surface area contributed by atoms with Crippen LogP contribution in [0.15, 0.2) is 36.7 Å². The summed E-state index contributed by atoms with van der Waals surface area (Å²) in [4.78, 5) is 28.9. The van der Waals surface area contributed by atoms with Crippen molar-refractivity contribution in [3.63, 3.8) is 0 Å². The fraction of sp³-hybridized carbons (Fsp3) is 0.400. The zero-order valence-electron chi connectivity index (χ0n) is 15.6. The van der Waals surface area contributed by atoms with Crippen LogP contribution in [0.4, 0.5) is 0 Å². The van der Waals surface area contributed by atoms with Crippen molar-refractivity contribution >= 4 is 11.8 Å². The maximum absolute atomic E-state index is 12.7. The van der Waals surface area contributed by atoms with Gasteiger partial charge in [-0.1, -0.05) is 0 Å². The van der Waals surface area contributed by atoms with Crippen molar-refractivity contribution in [1.29, 1.82) is 0 Å². The minimum absolute atomic E-state index is 0.00274. The van der Waals surface area contributed by atoms with E-state index in [0.29, 0.717) is 43.9 Å². The summed E-state index contributed by atoms with van der Waals surface area (Å²) < 4.78 is 7.39. The lowest BCUT2D eigenvalue weighted by atomic mass is 10.1. The summed E-state index contributed by atoms with van der Waals surface area (Å²) in [5.74, 6) is 0.833. The number of hydrogen-bond acceptors (Lipinski definition) is 3. The molecule has 2 heterocycles. The molecule has 1 aromatic heterocycles. The van der Waals surface area contributed by atoms with E-state index in [2.05, 4.69) is 0 Å². The van der Waals surface area contributed by atoms with E-state index >= 15 is 0 Å². The van der Waals surface area contributed by atoms with Crippen molar-refractivity contribution in [2.24, 2.45) is 7.05 Å². The first-order valence-electron chi connectivity index (χ1n) is 8.93. The number of nitrogens with zero attached hydrogens (tertiary/aromatic N) is 3. The van der Waals surface area contributed by atoms with Crippen LogP contribution in [-0.4, -0.2) is 59.0 Å². The van der Waals surface area contributed by atoms with Crippen LogP contribution >= 0.6 is 0 Å². The van der Waals surface area contributed by atoms with Crippen molar-refractivity contribution in [1.82, 2.24) is 14.4 Å². The molecule has 138 valence electrons. The van der Waals surface area contributed by atoms with Crippen LogP contribution in [0.3, 0.4) is 0 Å². The van der Waals surface area contributed by atoms with E-state index in [1.165, 1.54) is 0 Å². The largest absolute Gasteiger partial charge is 0.494 e. The molecular formula is C20H25N3O3. The van der Waals surface area contributed by atoms with E-state index in [4.69, 9.17) is 4.74 Å². The molecule has 1 aliphatic heterocycles. The van der Waals surface area contributed by atoms with Gasteiger partial charge in [-0.15, -0.1) is 0 Å². The monoisotopic (exact) mass is 355 g/mol. The van der Waals surface area contributed by atoms with E-state index in [1.54, 1.807) is 0 Å². The summed E-state index contributed by atoms with van der Waals surface area (Å²) in [6.45, 7) is 6.68.